The molecule has 4 atom stereocenters. The minimum Gasteiger partial charge on any atom is -0.420 e. The van der Waals surface area contributed by atoms with E-state index in [0.29, 0.717) is 18.8 Å². The van der Waals surface area contributed by atoms with Crippen molar-refractivity contribution in [3.63, 3.8) is 0 Å². The summed E-state index contributed by atoms with van der Waals surface area (Å²) in [6, 6.07) is -0.320. The molecule has 0 N–H and O–H groups in total. The first kappa shape index (κ1) is 18.5. The van der Waals surface area contributed by atoms with E-state index in [1.54, 1.807) is 0 Å². The molecular weight excluding hydrogens is 350 g/mol. The Bertz CT molecular complexity index is 695. The smallest absolute Gasteiger partial charge is 0.345 e. The van der Waals surface area contributed by atoms with E-state index >= 15 is 0 Å². The molecule has 2 aliphatic carbocycles. The molecule has 0 aromatic rings. The highest BCUT2D eigenvalue weighted by molar-refractivity contribution is 6.08. The van der Waals surface area contributed by atoms with Gasteiger partial charge >= 0.3 is 17.9 Å². The van der Waals surface area contributed by atoms with E-state index in [0.717, 1.165) is 12.8 Å². The van der Waals surface area contributed by atoms with E-state index < -0.39 is 35.2 Å². The fourth-order valence-electron chi connectivity index (χ4n) is 5.42. The van der Waals surface area contributed by atoms with E-state index in [1.165, 1.54) is 12.0 Å². The maximum Gasteiger partial charge on any atom is 0.345 e. The summed E-state index contributed by atoms with van der Waals surface area (Å²) in [5.74, 6) is -3.09. The first-order valence-corrected chi connectivity index (χ1v) is 9.83. The average Bonchev–Trinajstić information content (AvgIpc) is 3.13. The van der Waals surface area contributed by atoms with E-state index in [4.69, 9.17) is 14.3 Å². The monoisotopic (exact) mass is 377 g/mol. The predicted molar refractivity (Wildman–Crippen MR) is 93.6 cm³/mol. The van der Waals surface area contributed by atoms with Gasteiger partial charge in [-0.25, -0.2) is 9.59 Å². The number of carbonyl (C=O) groups is 3. The van der Waals surface area contributed by atoms with Crippen LogP contribution in [0.3, 0.4) is 0 Å². The van der Waals surface area contributed by atoms with Gasteiger partial charge < -0.3 is 14.3 Å². The summed E-state index contributed by atoms with van der Waals surface area (Å²) in [6.45, 7) is 7.44. The first-order chi connectivity index (χ1) is 12.7. The third-order valence-electron chi connectivity index (χ3n) is 6.60. The molecule has 2 saturated heterocycles. The quantitative estimate of drug-likeness (QED) is 0.415. The van der Waals surface area contributed by atoms with Crippen molar-refractivity contribution in [3.8, 4) is 0 Å². The summed E-state index contributed by atoms with van der Waals surface area (Å²) in [6.07, 6.45) is 6.55. The maximum absolute atomic E-state index is 13.4. The Morgan fingerprint density at radius 3 is 2.48 bits per heavy atom. The van der Waals surface area contributed by atoms with Crippen molar-refractivity contribution in [2.75, 3.05) is 0 Å². The zero-order valence-corrected chi connectivity index (χ0v) is 16.3. The molecule has 0 aromatic carbocycles. The van der Waals surface area contributed by atoms with Crippen molar-refractivity contribution >= 4 is 17.9 Å². The lowest BCUT2D eigenvalue weighted by molar-refractivity contribution is -0.312. The minimum absolute atomic E-state index is 0.0461. The second-order valence-electron chi connectivity index (χ2n) is 8.80. The molecule has 2 heterocycles. The number of hydroxylamine groups is 2. The third kappa shape index (κ3) is 2.47. The normalized spacial score (nSPS) is 43.4. The molecule has 2 bridgehead atoms. The van der Waals surface area contributed by atoms with Gasteiger partial charge in [0, 0.05) is 25.2 Å². The van der Waals surface area contributed by atoms with E-state index in [1.807, 2.05) is 12.2 Å². The van der Waals surface area contributed by atoms with Gasteiger partial charge in [-0.05, 0) is 31.1 Å². The molecular formula is C20H27NO6. The van der Waals surface area contributed by atoms with Crippen molar-refractivity contribution in [1.29, 1.82) is 0 Å². The molecule has 4 rings (SSSR count). The Morgan fingerprint density at radius 1 is 1.22 bits per heavy atom. The number of hydrogen-bond donors (Lipinski definition) is 0. The molecule has 4 aliphatic rings. The highest BCUT2D eigenvalue weighted by Crippen LogP contribution is 2.54. The SMILES string of the molecule is CC(=O)ON1[C@H]2C=C[C@H](C2)C12C(=O)OC1(C[C@H](C)CC[C@H]1C(C)C)OC2=O. The molecule has 0 unspecified atom stereocenters. The lowest BCUT2D eigenvalue weighted by Gasteiger charge is -2.52. The summed E-state index contributed by atoms with van der Waals surface area (Å²) < 4.78 is 12.0. The Kier molecular flexibility index (Phi) is 4.14. The average molecular weight is 377 g/mol. The fourth-order valence-corrected chi connectivity index (χ4v) is 5.42. The van der Waals surface area contributed by atoms with E-state index in [9.17, 15) is 14.4 Å². The molecule has 0 aromatic heterocycles. The number of nitrogens with zero attached hydrogens (tertiary/aromatic N) is 1. The molecule has 7 nitrogen and oxygen atoms in total. The standard InChI is InChI=1S/C20H27NO6/c1-11(2)16-8-5-12(3)10-19(16)25-17(23)20(18(24)26-19)14-6-7-15(9-14)21(20)27-13(4)22/h6-7,11-12,14-16H,5,8-10H2,1-4H3/t12-,14-,15+,16+,19?,20?/m1/s1. The number of carbonyl (C=O) groups excluding carboxylic acids is 3. The van der Waals surface area contributed by atoms with Crippen LogP contribution in [0.1, 0.15) is 53.4 Å². The van der Waals surface area contributed by atoms with Gasteiger partial charge in [0.2, 0.25) is 0 Å². The van der Waals surface area contributed by atoms with Gasteiger partial charge in [0.25, 0.3) is 11.3 Å². The molecule has 3 fully saturated rings. The van der Waals surface area contributed by atoms with Crippen molar-refractivity contribution in [3.05, 3.63) is 12.2 Å². The lowest BCUT2D eigenvalue weighted by atomic mass is 9.71. The summed E-state index contributed by atoms with van der Waals surface area (Å²) in [5, 5.41) is 1.20. The van der Waals surface area contributed by atoms with Crippen LogP contribution in [0.5, 0.6) is 0 Å². The number of ether oxygens (including phenoxy) is 2. The van der Waals surface area contributed by atoms with E-state index in [2.05, 4.69) is 20.8 Å². The first-order valence-electron chi connectivity index (χ1n) is 9.83. The second kappa shape index (κ2) is 6.06. The van der Waals surface area contributed by atoms with Crippen molar-refractivity contribution in [2.24, 2.45) is 23.7 Å². The van der Waals surface area contributed by atoms with Gasteiger partial charge in [-0.15, -0.1) is 5.06 Å². The van der Waals surface area contributed by atoms with Crippen LogP contribution in [0.25, 0.3) is 0 Å². The van der Waals surface area contributed by atoms with Gasteiger partial charge in [-0.2, -0.15) is 0 Å². The molecule has 2 aliphatic heterocycles. The topological polar surface area (TPSA) is 82.1 Å². The maximum atomic E-state index is 13.4. The fraction of sp³-hybridized carbons (Fsp3) is 0.750. The van der Waals surface area contributed by atoms with Crippen LogP contribution in [-0.2, 0) is 28.7 Å². The predicted octanol–water partition coefficient (Wildman–Crippen LogP) is 2.35. The zero-order chi connectivity index (χ0) is 19.6. The van der Waals surface area contributed by atoms with Gasteiger partial charge in [-0.1, -0.05) is 32.9 Å². The second-order valence-corrected chi connectivity index (χ2v) is 8.80. The highest BCUT2D eigenvalue weighted by Gasteiger charge is 2.73. The number of fused-ring (bicyclic) bond motifs is 3. The number of hydrogen-bond acceptors (Lipinski definition) is 7. The summed E-state index contributed by atoms with van der Waals surface area (Å²) >= 11 is 0. The van der Waals surface area contributed by atoms with Crippen LogP contribution in [-0.4, -0.2) is 40.3 Å². The van der Waals surface area contributed by atoms with Gasteiger partial charge in [0.1, 0.15) is 0 Å². The Balaban J connectivity index is 1.72. The molecule has 2 spiro atoms. The summed E-state index contributed by atoms with van der Waals surface area (Å²) in [4.78, 5) is 43.6. The van der Waals surface area contributed by atoms with Crippen LogP contribution < -0.4 is 0 Å². The number of rotatable bonds is 2. The Hall–Kier alpha value is -1.89. The summed E-state index contributed by atoms with van der Waals surface area (Å²) in [7, 11) is 0. The van der Waals surface area contributed by atoms with Crippen molar-refractivity contribution < 1.29 is 28.7 Å². The minimum atomic E-state index is -1.72. The van der Waals surface area contributed by atoms with Gasteiger partial charge in [0.15, 0.2) is 0 Å². The molecule has 0 amide bonds. The van der Waals surface area contributed by atoms with Gasteiger partial charge in [0.05, 0.1) is 6.04 Å². The largest absolute Gasteiger partial charge is 0.420 e. The molecule has 7 heteroatoms. The number of esters is 2. The molecule has 0 radical (unpaired) electrons. The Morgan fingerprint density at radius 2 is 1.89 bits per heavy atom. The van der Waals surface area contributed by atoms with Crippen LogP contribution >= 0.6 is 0 Å². The lowest BCUT2D eigenvalue weighted by Crippen LogP contribution is -2.71. The van der Waals surface area contributed by atoms with E-state index in [-0.39, 0.29) is 17.9 Å². The molecule has 148 valence electrons. The van der Waals surface area contributed by atoms with Crippen LogP contribution in [0.4, 0.5) is 0 Å². The van der Waals surface area contributed by atoms with Crippen LogP contribution in [0, 0.1) is 23.7 Å². The molecule has 1 saturated carbocycles. The van der Waals surface area contributed by atoms with Crippen molar-refractivity contribution in [2.45, 2.75) is 70.7 Å². The third-order valence-corrected chi connectivity index (χ3v) is 6.60. The van der Waals surface area contributed by atoms with Crippen LogP contribution in [0.2, 0.25) is 0 Å². The highest BCUT2D eigenvalue weighted by atomic mass is 16.8. The Labute approximate surface area is 158 Å². The summed E-state index contributed by atoms with van der Waals surface area (Å²) in [5.41, 5.74) is -1.72. The van der Waals surface area contributed by atoms with Crippen LogP contribution in [0.15, 0.2) is 12.2 Å². The van der Waals surface area contributed by atoms with Gasteiger partial charge in [-0.3, -0.25) is 4.79 Å². The zero-order valence-electron chi connectivity index (χ0n) is 16.3. The molecule has 27 heavy (non-hydrogen) atoms. The van der Waals surface area contributed by atoms with Crippen molar-refractivity contribution in [1.82, 2.24) is 5.06 Å².